The number of aliphatic imine (C=N–C) groups is 1. The summed E-state index contributed by atoms with van der Waals surface area (Å²) in [5.74, 6) is -0.133. The van der Waals surface area contributed by atoms with Gasteiger partial charge in [0.05, 0.1) is 5.69 Å². The molecule has 0 aliphatic carbocycles. The van der Waals surface area contributed by atoms with Crippen molar-refractivity contribution in [1.82, 2.24) is 20.2 Å². The summed E-state index contributed by atoms with van der Waals surface area (Å²) in [6.07, 6.45) is -1.32. The second-order valence-electron chi connectivity index (χ2n) is 7.01. The molecule has 158 valence electrons. The number of amides is 1. The number of alkyl halides is 3. The standard InChI is InChI=1S/C18H24F3N7O/c1-12-9-23-3-6-28(12)16(29)11-24-10-13(8-22)14-7-15(18(19,20)21)26-17(25-14)27-4-2-5-27/h7-8,10,12,23H,2-6,9,11,22H2,1H3. The molecule has 11 heteroatoms. The van der Waals surface area contributed by atoms with Gasteiger partial charge < -0.3 is 20.9 Å². The van der Waals surface area contributed by atoms with Gasteiger partial charge in [0, 0.05) is 56.8 Å². The Morgan fingerprint density at radius 1 is 1.38 bits per heavy atom. The average Bonchev–Trinajstić information content (AvgIpc) is 2.63. The Morgan fingerprint density at radius 3 is 2.72 bits per heavy atom. The highest BCUT2D eigenvalue weighted by molar-refractivity contribution is 6.09. The van der Waals surface area contributed by atoms with Crippen LogP contribution in [0.4, 0.5) is 19.1 Å². The molecule has 0 bridgehead atoms. The molecule has 0 spiro atoms. The van der Waals surface area contributed by atoms with Gasteiger partial charge >= 0.3 is 6.18 Å². The molecule has 0 aromatic carbocycles. The summed E-state index contributed by atoms with van der Waals surface area (Å²) in [5.41, 5.74) is 4.78. The molecule has 1 amide bonds. The van der Waals surface area contributed by atoms with Crippen LogP contribution in [-0.2, 0) is 11.0 Å². The molecule has 1 unspecified atom stereocenters. The summed E-state index contributed by atoms with van der Waals surface area (Å²) >= 11 is 0. The molecule has 2 saturated heterocycles. The van der Waals surface area contributed by atoms with Gasteiger partial charge in [0.1, 0.15) is 6.54 Å². The average molecular weight is 411 g/mol. The number of aromatic nitrogens is 2. The first kappa shape index (κ1) is 21.0. The number of nitrogens with one attached hydrogen (secondary N) is 1. The van der Waals surface area contributed by atoms with Crippen molar-refractivity contribution in [2.75, 3.05) is 44.2 Å². The number of piperazine rings is 1. The molecular formula is C18H24F3N7O. The lowest BCUT2D eigenvalue weighted by Gasteiger charge is -2.33. The Labute approximate surface area is 166 Å². The van der Waals surface area contributed by atoms with Gasteiger partial charge in [0.2, 0.25) is 11.9 Å². The van der Waals surface area contributed by atoms with E-state index in [1.807, 2.05) is 6.92 Å². The maximum absolute atomic E-state index is 13.3. The molecule has 2 fully saturated rings. The lowest BCUT2D eigenvalue weighted by atomic mass is 10.1. The largest absolute Gasteiger partial charge is 0.433 e. The molecule has 8 nitrogen and oxygen atoms in total. The van der Waals surface area contributed by atoms with E-state index in [0.29, 0.717) is 32.7 Å². The van der Waals surface area contributed by atoms with Crippen LogP contribution in [0.15, 0.2) is 17.3 Å². The van der Waals surface area contributed by atoms with Gasteiger partial charge in [-0.25, -0.2) is 9.97 Å². The molecular weight excluding hydrogens is 387 g/mol. The molecule has 3 heterocycles. The van der Waals surface area contributed by atoms with E-state index in [1.165, 1.54) is 6.21 Å². The molecule has 1 aromatic heterocycles. The van der Waals surface area contributed by atoms with Crippen LogP contribution >= 0.6 is 0 Å². The van der Waals surface area contributed by atoms with Crippen molar-refractivity contribution in [3.8, 4) is 0 Å². The van der Waals surface area contributed by atoms with E-state index in [4.69, 9.17) is 5.73 Å². The fraction of sp³-hybridized carbons (Fsp3) is 0.556. The Balaban J connectivity index is 1.76. The number of anilines is 1. The Morgan fingerprint density at radius 2 is 2.14 bits per heavy atom. The summed E-state index contributed by atoms with van der Waals surface area (Å²) in [5, 5.41) is 3.20. The number of halogens is 3. The number of nitrogens with zero attached hydrogens (tertiary/aromatic N) is 5. The van der Waals surface area contributed by atoms with Crippen LogP contribution in [0.5, 0.6) is 0 Å². The summed E-state index contributed by atoms with van der Waals surface area (Å²) in [6.45, 7) is 5.06. The van der Waals surface area contributed by atoms with Gasteiger partial charge in [-0.3, -0.25) is 9.79 Å². The van der Waals surface area contributed by atoms with Crippen LogP contribution in [0.3, 0.4) is 0 Å². The van der Waals surface area contributed by atoms with E-state index in [-0.39, 0.29) is 35.7 Å². The minimum absolute atomic E-state index is 0.0135. The second-order valence-corrected chi connectivity index (χ2v) is 7.01. The fourth-order valence-electron chi connectivity index (χ4n) is 3.10. The van der Waals surface area contributed by atoms with Gasteiger partial charge in [-0.15, -0.1) is 0 Å². The third-order valence-corrected chi connectivity index (χ3v) is 4.90. The zero-order chi connectivity index (χ0) is 21.0. The highest BCUT2D eigenvalue weighted by atomic mass is 19.4. The molecule has 2 aliphatic rings. The smallest absolute Gasteiger partial charge is 0.404 e. The predicted octanol–water partition coefficient (Wildman–Crippen LogP) is 0.896. The maximum Gasteiger partial charge on any atom is 0.433 e. The van der Waals surface area contributed by atoms with Crippen LogP contribution in [0.2, 0.25) is 0 Å². The van der Waals surface area contributed by atoms with Gasteiger partial charge in [-0.05, 0) is 19.4 Å². The quantitative estimate of drug-likeness (QED) is 0.699. The van der Waals surface area contributed by atoms with E-state index in [2.05, 4.69) is 20.3 Å². The fourth-order valence-corrected chi connectivity index (χ4v) is 3.10. The number of allylic oxidation sites excluding steroid dienone is 1. The molecule has 1 aromatic rings. The monoisotopic (exact) mass is 411 g/mol. The van der Waals surface area contributed by atoms with Gasteiger partial charge in [-0.1, -0.05) is 0 Å². The number of carbonyl (C=O) groups is 1. The third kappa shape index (κ3) is 5.03. The van der Waals surface area contributed by atoms with Gasteiger partial charge in [-0.2, -0.15) is 13.2 Å². The zero-order valence-electron chi connectivity index (χ0n) is 16.1. The normalized spacial score (nSPS) is 20.8. The first-order chi connectivity index (χ1) is 13.8. The highest BCUT2D eigenvalue weighted by Gasteiger charge is 2.35. The Kier molecular flexibility index (Phi) is 6.36. The van der Waals surface area contributed by atoms with Crippen molar-refractivity contribution in [2.45, 2.75) is 25.6 Å². The predicted molar refractivity (Wildman–Crippen MR) is 103 cm³/mol. The number of nitrogens with two attached hydrogens (primary N) is 1. The van der Waals surface area contributed by atoms with Crippen LogP contribution in [0, 0.1) is 0 Å². The maximum atomic E-state index is 13.3. The first-order valence-electron chi connectivity index (χ1n) is 9.43. The SMILES string of the molecule is CC1CNCCN1C(=O)CN=CC(=CN)c1cc(C(F)(F)F)nc(N2CCC2)n1. The third-order valence-electron chi connectivity index (χ3n) is 4.90. The first-order valence-corrected chi connectivity index (χ1v) is 9.43. The van der Waals surface area contributed by atoms with Crippen molar-refractivity contribution >= 4 is 23.6 Å². The molecule has 29 heavy (non-hydrogen) atoms. The van der Waals surface area contributed by atoms with Crippen molar-refractivity contribution in [1.29, 1.82) is 0 Å². The Hall–Kier alpha value is -2.69. The lowest BCUT2D eigenvalue weighted by Crippen LogP contribution is -2.52. The van der Waals surface area contributed by atoms with Crippen molar-refractivity contribution < 1.29 is 18.0 Å². The number of hydrogen-bond donors (Lipinski definition) is 2. The van der Waals surface area contributed by atoms with Crippen LogP contribution in [-0.4, -0.2) is 72.3 Å². The molecule has 1 atom stereocenters. The van der Waals surface area contributed by atoms with Gasteiger partial charge in [0.25, 0.3) is 0 Å². The molecule has 3 rings (SSSR count). The summed E-state index contributed by atoms with van der Waals surface area (Å²) < 4.78 is 39.8. The number of rotatable bonds is 5. The van der Waals surface area contributed by atoms with E-state index in [9.17, 15) is 18.0 Å². The summed E-state index contributed by atoms with van der Waals surface area (Å²) in [6, 6.07) is 0.903. The van der Waals surface area contributed by atoms with E-state index in [1.54, 1.807) is 9.80 Å². The minimum atomic E-state index is -4.61. The lowest BCUT2D eigenvalue weighted by molar-refractivity contribution is -0.141. The van der Waals surface area contributed by atoms with E-state index < -0.39 is 11.9 Å². The molecule has 2 aliphatic heterocycles. The Bertz CT molecular complexity index is 805. The molecule has 0 radical (unpaired) electrons. The van der Waals surface area contributed by atoms with Crippen molar-refractivity contribution in [2.24, 2.45) is 10.7 Å². The molecule has 0 saturated carbocycles. The van der Waals surface area contributed by atoms with E-state index >= 15 is 0 Å². The number of hydrogen-bond acceptors (Lipinski definition) is 7. The van der Waals surface area contributed by atoms with Crippen LogP contribution < -0.4 is 16.0 Å². The molecule has 3 N–H and O–H groups in total. The van der Waals surface area contributed by atoms with Gasteiger partial charge in [0.15, 0.2) is 5.69 Å². The van der Waals surface area contributed by atoms with E-state index in [0.717, 1.165) is 18.7 Å². The number of carbonyl (C=O) groups excluding carboxylic acids is 1. The minimum Gasteiger partial charge on any atom is -0.404 e. The highest BCUT2D eigenvalue weighted by Crippen LogP contribution is 2.31. The van der Waals surface area contributed by atoms with Crippen molar-refractivity contribution in [3.05, 3.63) is 23.7 Å². The van der Waals surface area contributed by atoms with Crippen molar-refractivity contribution in [3.63, 3.8) is 0 Å². The summed E-state index contributed by atoms with van der Waals surface area (Å²) in [4.78, 5) is 27.7. The van der Waals surface area contributed by atoms with Crippen LogP contribution in [0.25, 0.3) is 5.57 Å². The van der Waals surface area contributed by atoms with Crippen LogP contribution in [0.1, 0.15) is 24.7 Å². The summed E-state index contributed by atoms with van der Waals surface area (Å²) in [7, 11) is 0. The second kappa shape index (κ2) is 8.76. The zero-order valence-corrected chi connectivity index (χ0v) is 16.1. The topological polar surface area (TPSA) is 99.7 Å².